The van der Waals surface area contributed by atoms with Crippen LogP contribution in [0.15, 0.2) is 18.2 Å². The van der Waals surface area contributed by atoms with Crippen molar-refractivity contribution < 1.29 is 9.84 Å². The number of benzene rings is 1. The van der Waals surface area contributed by atoms with Gasteiger partial charge in [0.1, 0.15) is 5.75 Å². The average molecular weight is 190 g/mol. The Bertz CT molecular complexity index is 358. The maximum Gasteiger partial charge on any atom is 0.134 e. The van der Waals surface area contributed by atoms with E-state index in [-0.39, 0.29) is 6.61 Å². The molecule has 0 aliphatic carbocycles. The monoisotopic (exact) mass is 190 g/mol. The summed E-state index contributed by atoms with van der Waals surface area (Å²) in [7, 11) is 1.63. The molecule has 2 heteroatoms. The second-order valence-corrected chi connectivity index (χ2v) is 2.98. The Morgan fingerprint density at radius 1 is 1.43 bits per heavy atom. The van der Waals surface area contributed by atoms with E-state index in [0.717, 1.165) is 16.9 Å². The molecule has 74 valence electrons. The molecule has 0 fully saturated rings. The summed E-state index contributed by atoms with van der Waals surface area (Å²) in [6.07, 6.45) is 0.497. The Labute approximate surface area is 84.5 Å². The molecule has 2 nitrogen and oxygen atoms in total. The Morgan fingerprint density at radius 3 is 2.86 bits per heavy atom. The highest BCUT2D eigenvalue weighted by Gasteiger charge is 1.98. The van der Waals surface area contributed by atoms with Crippen molar-refractivity contribution in [2.45, 2.75) is 13.3 Å². The fourth-order valence-corrected chi connectivity index (χ4v) is 1.12. The van der Waals surface area contributed by atoms with Gasteiger partial charge in [-0.05, 0) is 24.6 Å². The number of rotatable bonds is 2. The van der Waals surface area contributed by atoms with Crippen LogP contribution >= 0.6 is 0 Å². The molecule has 0 aliphatic rings. The minimum atomic E-state index is 0.0984. The zero-order valence-electron chi connectivity index (χ0n) is 8.50. The predicted octanol–water partition coefficient (Wildman–Crippen LogP) is 1.74. The molecule has 14 heavy (non-hydrogen) atoms. The van der Waals surface area contributed by atoms with Crippen LogP contribution in [0.4, 0.5) is 0 Å². The van der Waals surface area contributed by atoms with Crippen LogP contribution in [-0.2, 0) is 0 Å². The molecule has 0 bridgehead atoms. The third-order valence-corrected chi connectivity index (χ3v) is 1.82. The van der Waals surface area contributed by atoms with Gasteiger partial charge in [-0.15, -0.1) is 0 Å². The van der Waals surface area contributed by atoms with E-state index in [1.165, 1.54) is 0 Å². The summed E-state index contributed by atoms with van der Waals surface area (Å²) in [4.78, 5) is 0. The van der Waals surface area contributed by atoms with Gasteiger partial charge in [-0.2, -0.15) is 0 Å². The summed E-state index contributed by atoms with van der Waals surface area (Å²) in [5.74, 6) is 6.61. The van der Waals surface area contributed by atoms with Crippen molar-refractivity contribution in [2.24, 2.45) is 0 Å². The topological polar surface area (TPSA) is 29.5 Å². The van der Waals surface area contributed by atoms with Crippen LogP contribution in [0.5, 0.6) is 5.75 Å². The van der Waals surface area contributed by atoms with E-state index < -0.39 is 0 Å². The molecule has 1 N–H and O–H groups in total. The Hall–Kier alpha value is -1.46. The van der Waals surface area contributed by atoms with Crippen molar-refractivity contribution in [1.82, 2.24) is 0 Å². The van der Waals surface area contributed by atoms with Crippen LogP contribution in [-0.4, -0.2) is 18.8 Å². The highest BCUT2D eigenvalue weighted by atomic mass is 16.5. The SMILES string of the molecule is COc1cc(C)ccc1C#CCCO. The third-order valence-electron chi connectivity index (χ3n) is 1.82. The zero-order valence-corrected chi connectivity index (χ0v) is 8.50. The molecule has 0 radical (unpaired) electrons. The minimum Gasteiger partial charge on any atom is -0.495 e. The first-order chi connectivity index (χ1) is 6.77. The lowest BCUT2D eigenvalue weighted by Crippen LogP contribution is -1.88. The highest BCUT2D eigenvalue weighted by molar-refractivity contribution is 5.47. The van der Waals surface area contributed by atoms with Crippen LogP contribution in [0.2, 0.25) is 0 Å². The molecule has 1 aromatic rings. The van der Waals surface area contributed by atoms with Crippen molar-refractivity contribution in [2.75, 3.05) is 13.7 Å². The number of methoxy groups -OCH3 is 1. The molecule has 0 unspecified atom stereocenters. The maximum absolute atomic E-state index is 8.58. The van der Waals surface area contributed by atoms with Gasteiger partial charge in [0.2, 0.25) is 0 Å². The van der Waals surface area contributed by atoms with Gasteiger partial charge in [-0.3, -0.25) is 0 Å². The van der Waals surface area contributed by atoms with E-state index in [1.807, 2.05) is 25.1 Å². The number of aliphatic hydroxyl groups is 1. The summed E-state index contributed by atoms with van der Waals surface area (Å²) in [5, 5.41) is 8.58. The molecule has 0 saturated carbocycles. The Balaban J connectivity index is 2.92. The normalized spacial score (nSPS) is 9.07. The molecule has 0 saturated heterocycles. The van der Waals surface area contributed by atoms with Gasteiger partial charge in [-0.1, -0.05) is 17.9 Å². The smallest absolute Gasteiger partial charge is 0.134 e. The van der Waals surface area contributed by atoms with Gasteiger partial charge in [0.05, 0.1) is 19.3 Å². The number of ether oxygens (including phenoxy) is 1. The largest absolute Gasteiger partial charge is 0.495 e. The van der Waals surface area contributed by atoms with Gasteiger partial charge >= 0.3 is 0 Å². The van der Waals surface area contributed by atoms with E-state index in [0.29, 0.717) is 6.42 Å². The first-order valence-electron chi connectivity index (χ1n) is 4.52. The minimum absolute atomic E-state index is 0.0984. The lowest BCUT2D eigenvalue weighted by atomic mass is 10.1. The standard InChI is InChI=1S/C12H14O2/c1-10-6-7-11(5-3-4-8-13)12(9-10)14-2/h6-7,9,13H,4,8H2,1-2H3. The van der Waals surface area contributed by atoms with E-state index in [9.17, 15) is 0 Å². The summed E-state index contributed by atoms with van der Waals surface area (Å²) in [6, 6.07) is 5.87. The molecule has 0 heterocycles. The molecular formula is C12H14O2. The first kappa shape index (κ1) is 10.6. The van der Waals surface area contributed by atoms with Crippen LogP contribution < -0.4 is 4.74 Å². The van der Waals surface area contributed by atoms with Crippen molar-refractivity contribution >= 4 is 0 Å². The van der Waals surface area contributed by atoms with Crippen LogP contribution in [0, 0.1) is 18.8 Å². The fraction of sp³-hybridized carbons (Fsp3) is 0.333. The van der Waals surface area contributed by atoms with Gasteiger partial charge in [0, 0.05) is 6.42 Å². The molecule has 0 amide bonds. The molecule has 0 aliphatic heterocycles. The number of hydrogen-bond acceptors (Lipinski definition) is 2. The van der Waals surface area contributed by atoms with Crippen LogP contribution in [0.1, 0.15) is 17.5 Å². The number of aliphatic hydroxyl groups excluding tert-OH is 1. The molecular weight excluding hydrogens is 176 g/mol. The van der Waals surface area contributed by atoms with Gasteiger partial charge < -0.3 is 9.84 Å². The molecule has 1 rings (SSSR count). The summed E-state index contributed by atoms with van der Waals surface area (Å²) < 4.78 is 5.19. The fourth-order valence-electron chi connectivity index (χ4n) is 1.12. The highest BCUT2D eigenvalue weighted by Crippen LogP contribution is 2.18. The Morgan fingerprint density at radius 2 is 2.21 bits per heavy atom. The van der Waals surface area contributed by atoms with E-state index in [1.54, 1.807) is 7.11 Å². The predicted molar refractivity (Wildman–Crippen MR) is 56.3 cm³/mol. The second-order valence-electron chi connectivity index (χ2n) is 2.98. The lowest BCUT2D eigenvalue weighted by molar-refractivity contribution is 0.305. The molecule has 1 aromatic carbocycles. The van der Waals surface area contributed by atoms with Crippen LogP contribution in [0.25, 0.3) is 0 Å². The van der Waals surface area contributed by atoms with Crippen molar-refractivity contribution in [3.8, 4) is 17.6 Å². The van der Waals surface area contributed by atoms with Gasteiger partial charge in [-0.25, -0.2) is 0 Å². The summed E-state index contributed by atoms with van der Waals surface area (Å²) in [6.45, 7) is 2.11. The molecule has 0 aromatic heterocycles. The van der Waals surface area contributed by atoms with Crippen LogP contribution in [0.3, 0.4) is 0 Å². The summed E-state index contributed by atoms with van der Waals surface area (Å²) >= 11 is 0. The third kappa shape index (κ3) is 2.79. The van der Waals surface area contributed by atoms with E-state index in [2.05, 4.69) is 11.8 Å². The number of hydrogen-bond donors (Lipinski definition) is 1. The molecule has 0 atom stereocenters. The average Bonchev–Trinajstić information content (AvgIpc) is 2.20. The quantitative estimate of drug-likeness (QED) is 0.720. The molecule has 0 spiro atoms. The lowest BCUT2D eigenvalue weighted by Gasteiger charge is -2.03. The maximum atomic E-state index is 8.58. The van der Waals surface area contributed by atoms with E-state index >= 15 is 0 Å². The van der Waals surface area contributed by atoms with E-state index in [4.69, 9.17) is 9.84 Å². The Kier molecular flexibility index (Phi) is 4.03. The summed E-state index contributed by atoms with van der Waals surface area (Å²) in [5.41, 5.74) is 2.01. The zero-order chi connectivity index (χ0) is 10.4. The van der Waals surface area contributed by atoms with Gasteiger partial charge in [0.25, 0.3) is 0 Å². The van der Waals surface area contributed by atoms with Crippen molar-refractivity contribution in [3.63, 3.8) is 0 Å². The van der Waals surface area contributed by atoms with Crippen molar-refractivity contribution in [3.05, 3.63) is 29.3 Å². The van der Waals surface area contributed by atoms with Crippen molar-refractivity contribution in [1.29, 1.82) is 0 Å². The number of aryl methyl sites for hydroxylation is 1. The first-order valence-corrected chi connectivity index (χ1v) is 4.52. The van der Waals surface area contributed by atoms with Gasteiger partial charge in [0.15, 0.2) is 0 Å². The second kappa shape index (κ2) is 5.31.